The van der Waals surface area contributed by atoms with E-state index in [9.17, 15) is 9.59 Å². The first-order chi connectivity index (χ1) is 9.52. The van der Waals surface area contributed by atoms with Crippen molar-refractivity contribution in [3.63, 3.8) is 0 Å². The van der Waals surface area contributed by atoms with Crippen molar-refractivity contribution < 1.29 is 14.6 Å². The summed E-state index contributed by atoms with van der Waals surface area (Å²) in [6.45, 7) is -0.430. The predicted molar refractivity (Wildman–Crippen MR) is 79.0 cm³/mol. The molecule has 2 rings (SSSR count). The Kier molecular flexibility index (Phi) is 4.31. The first-order valence-electron chi connectivity index (χ1n) is 5.63. The lowest BCUT2D eigenvalue weighted by molar-refractivity contribution is -0.137. The van der Waals surface area contributed by atoms with E-state index >= 15 is 0 Å². The number of para-hydroxylation sites is 1. The molecule has 2 aromatic rings. The van der Waals surface area contributed by atoms with Gasteiger partial charge in [-0.25, -0.2) is 0 Å². The number of carbonyl (C=O) groups is 1. The number of hydrogen-bond acceptors (Lipinski definition) is 5. The molecular formula is C13H11NO4S2. The first-order valence-corrected chi connectivity index (χ1v) is 6.85. The number of hydrogen-bond donors (Lipinski definition) is 1. The number of methoxy groups -OCH3 is 1. The topological polar surface area (TPSA) is 68.5 Å². The van der Waals surface area contributed by atoms with Crippen LogP contribution in [0, 0.1) is 3.95 Å². The van der Waals surface area contributed by atoms with Gasteiger partial charge in [0.1, 0.15) is 12.3 Å². The second-order valence-corrected chi connectivity index (χ2v) is 5.57. The second-order valence-electron chi connectivity index (χ2n) is 3.89. The van der Waals surface area contributed by atoms with E-state index in [0.29, 0.717) is 10.6 Å². The summed E-state index contributed by atoms with van der Waals surface area (Å²) in [5, 5.41) is 8.76. The molecule has 0 unspecified atom stereocenters. The summed E-state index contributed by atoms with van der Waals surface area (Å²) >= 11 is 6.28. The minimum absolute atomic E-state index is 0.223. The van der Waals surface area contributed by atoms with Gasteiger partial charge in [-0.3, -0.25) is 14.2 Å². The number of benzene rings is 1. The zero-order valence-electron chi connectivity index (χ0n) is 10.5. The largest absolute Gasteiger partial charge is 0.496 e. The number of carboxylic acids is 1. The van der Waals surface area contributed by atoms with Crippen LogP contribution in [0.2, 0.25) is 0 Å². The van der Waals surface area contributed by atoms with E-state index in [0.717, 1.165) is 10.1 Å². The van der Waals surface area contributed by atoms with Gasteiger partial charge in [0.2, 0.25) is 0 Å². The minimum atomic E-state index is -1.10. The van der Waals surface area contributed by atoms with E-state index in [1.165, 1.54) is 17.4 Å². The van der Waals surface area contributed by atoms with E-state index < -0.39 is 18.1 Å². The van der Waals surface area contributed by atoms with Gasteiger partial charge in [-0.2, -0.15) is 0 Å². The molecule has 7 heteroatoms. The number of aliphatic carboxylic acids is 1. The highest BCUT2D eigenvalue weighted by Crippen LogP contribution is 2.31. The lowest BCUT2D eigenvalue weighted by Crippen LogP contribution is -2.23. The van der Waals surface area contributed by atoms with E-state index in [1.807, 2.05) is 18.2 Å². The minimum Gasteiger partial charge on any atom is -0.496 e. The average Bonchev–Trinajstić information content (AvgIpc) is 2.42. The van der Waals surface area contributed by atoms with Crippen molar-refractivity contribution in [1.29, 1.82) is 0 Å². The van der Waals surface area contributed by atoms with Gasteiger partial charge in [-0.1, -0.05) is 12.1 Å². The van der Waals surface area contributed by atoms with E-state index in [2.05, 4.69) is 0 Å². The molecule has 5 nitrogen and oxygen atoms in total. The SMILES string of the molecule is COc1ccccc1-c1cc(=O)n(CC(=O)O)c(=S)s1. The summed E-state index contributed by atoms with van der Waals surface area (Å²) in [5.74, 6) is -0.469. The molecule has 0 saturated carbocycles. The molecule has 0 spiro atoms. The Labute approximate surface area is 123 Å². The Morgan fingerprint density at radius 2 is 2.15 bits per heavy atom. The van der Waals surface area contributed by atoms with Crippen LogP contribution in [0.15, 0.2) is 35.1 Å². The number of nitrogens with zero attached hydrogens (tertiary/aromatic N) is 1. The van der Waals surface area contributed by atoms with Crippen LogP contribution < -0.4 is 10.3 Å². The van der Waals surface area contributed by atoms with E-state index in [4.69, 9.17) is 22.1 Å². The molecule has 0 amide bonds. The van der Waals surface area contributed by atoms with Gasteiger partial charge < -0.3 is 9.84 Å². The molecule has 0 aliphatic carbocycles. The van der Waals surface area contributed by atoms with Crippen molar-refractivity contribution in [3.8, 4) is 16.2 Å². The molecule has 0 radical (unpaired) electrons. The third-order valence-corrected chi connectivity index (χ3v) is 4.03. The maximum absolute atomic E-state index is 12.0. The van der Waals surface area contributed by atoms with Gasteiger partial charge >= 0.3 is 5.97 Å². The number of ether oxygens (including phenoxy) is 1. The van der Waals surface area contributed by atoms with Crippen LogP contribution in [0.1, 0.15) is 0 Å². The lowest BCUT2D eigenvalue weighted by atomic mass is 10.1. The van der Waals surface area contributed by atoms with Crippen LogP contribution in [-0.2, 0) is 11.3 Å². The van der Waals surface area contributed by atoms with Crippen LogP contribution in [0.3, 0.4) is 0 Å². The van der Waals surface area contributed by atoms with Crippen molar-refractivity contribution in [3.05, 3.63) is 44.6 Å². The maximum Gasteiger partial charge on any atom is 0.323 e. The van der Waals surface area contributed by atoms with Crippen molar-refractivity contribution >= 4 is 29.5 Å². The summed E-state index contributed by atoms with van der Waals surface area (Å²) in [6, 6.07) is 8.64. The van der Waals surface area contributed by atoms with Gasteiger partial charge in [0.15, 0.2) is 3.95 Å². The standard InChI is InChI=1S/C13H11NO4S2/c1-18-9-5-3-2-4-8(9)10-6-11(15)14(7-12(16)17)13(19)20-10/h2-6H,7H2,1H3,(H,16,17). The number of carboxylic acid groups (broad SMARTS) is 1. The summed E-state index contributed by atoms with van der Waals surface area (Å²) in [5.41, 5.74) is 0.322. The van der Waals surface area contributed by atoms with Gasteiger partial charge in [-0.15, -0.1) is 11.3 Å². The van der Waals surface area contributed by atoms with Crippen molar-refractivity contribution in [2.45, 2.75) is 6.54 Å². The van der Waals surface area contributed by atoms with E-state index in [1.54, 1.807) is 13.2 Å². The fourth-order valence-corrected chi connectivity index (χ4v) is 3.03. The summed E-state index contributed by atoms with van der Waals surface area (Å²) in [6.07, 6.45) is 0. The molecule has 0 atom stereocenters. The molecule has 1 heterocycles. The Hall–Kier alpha value is -1.99. The summed E-state index contributed by atoms with van der Waals surface area (Å²) < 4.78 is 6.52. The highest BCUT2D eigenvalue weighted by atomic mass is 32.1. The zero-order valence-corrected chi connectivity index (χ0v) is 12.2. The fourth-order valence-electron chi connectivity index (χ4n) is 1.72. The monoisotopic (exact) mass is 309 g/mol. The Morgan fingerprint density at radius 3 is 2.75 bits per heavy atom. The van der Waals surface area contributed by atoms with Gasteiger partial charge in [0.05, 0.1) is 7.11 Å². The third kappa shape index (κ3) is 2.94. The quantitative estimate of drug-likeness (QED) is 0.878. The van der Waals surface area contributed by atoms with Gasteiger partial charge in [-0.05, 0) is 24.4 Å². The van der Waals surface area contributed by atoms with E-state index in [-0.39, 0.29) is 3.95 Å². The normalized spacial score (nSPS) is 10.2. The predicted octanol–water partition coefficient (Wildman–Crippen LogP) is 2.40. The molecule has 0 bridgehead atoms. The van der Waals surface area contributed by atoms with Crippen molar-refractivity contribution in [2.75, 3.05) is 7.11 Å². The lowest BCUT2D eigenvalue weighted by Gasteiger charge is -2.08. The summed E-state index contributed by atoms with van der Waals surface area (Å²) in [4.78, 5) is 23.3. The molecule has 1 aromatic heterocycles. The van der Waals surface area contributed by atoms with Crippen LogP contribution in [0.4, 0.5) is 0 Å². The molecule has 20 heavy (non-hydrogen) atoms. The Bertz CT molecular complexity index is 732. The van der Waals surface area contributed by atoms with Crippen molar-refractivity contribution in [1.82, 2.24) is 4.57 Å². The molecule has 104 valence electrons. The highest BCUT2D eigenvalue weighted by Gasteiger charge is 2.10. The third-order valence-electron chi connectivity index (χ3n) is 2.60. The molecule has 0 aliphatic heterocycles. The average molecular weight is 309 g/mol. The fraction of sp³-hybridized carbons (Fsp3) is 0.154. The second kappa shape index (κ2) is 5.98. The number of aromatic nitrogens is 1. The van der Waals surface area contributed by atoms with Crippen molar-refractivity contribution in [2.24, 2.45) is 0 Å². The molecule has 1 aromatic carbocycles. The van der Waals surface area contributed by atoms with Gasteiger partial charge in [0, 0.05) is 16.5 Å². The van der Waals surface area contributed by atoms with Crippen LogP contribution >= 0.6 is 23.6 Å². The molecular weight excluding hydrogens is 298 g/mol. The van der Waals surface area contributed by atoms with Crippen LogP contribution in [-0.4, -0.2) is 22.8 Å². The van der Waals surface area contributed by atoms with Crippen LogP contribution in [0.25, 0.3) is 10.4 Å². The molecule has 0 saturated heterocycles. The van der Waals surface area contributed by atoms with Gasteiger partial charge in [0.25, 0.3) is 5.56 Å². The van der Waals surface area contributed by atoms with Crippen LogP contribution in [0.5, 0.6) is 5.75 Å². The Balaban J connectivity index is 2.58. The first kappa shape index (κ1) is 14.4. The zero-order chi connectivity index (χ0) is 14.7. The maximum atomic E-state index is 12.0. The Morgan fingerprint density at radius 1 is 1.45 bits per heavy atom. The number of rotatable bonds is 4. The summed E-state index contributed by atoms with van der Waals surface area (Å²) in [7, 11) is 1.55. The molecule has 0 fully saturated rings. The molecule has 0 aliphatic rings. The highest BCUT2D eigenvalue weighted by molar-refractivity contribution is 7.73. The smallest absolute Gasteiger partial charge is 0.323 e. The molecule has 1 N–H and O–H groups in total.